The van der Waals surface area contributed by atoms with Gasteiger partial charge in [0.25, 0.3) is 0 Å². The van der Waals surface area contributed by atoms with Crippen molar-refractivity contribution < 1.29 is 4.39 Å². The van der Waals surface area contributed by atoms with Crippen molar-refractivity contribution in [2.45, 2.75) is 6.54 Å². The van der Waals surface area contributed by atoms with Gasteiger partial charge in [-0.25, -0.2) is 4.39 Å². The molecule has 0 aromatic heterocycles. The van der Waals surface area contributed by atoms with E-state index in [2.05, 4.69) is 43.8 Å². The van der Waals surface area contributed by atoms with Crippen LogP contribution in [0.25, 0.3) is 0 Å². The van der Waals surface area contributed by atoms with E-state index in [0.29, 0.717) is 11.6 Å². The molecule has 5 heteroatoms. The number of halogens is 4. The van der Waals surface area contributed by atoms with E-state index in [4.69, 9.17) is 11.6 Å². The van der Waals surface area contributed by atoms with Crippen molar-refractivity contribution in [2.75, 3.05) is 5.32 Å². The van der Waals surface area contributed by atoms with Crippen LogP contribution in [0.5, 0.6) is 0 Å². The summed E-state index contributed by atoms with van der Waals surface area (Å²) in [5.74, 6) is -0.280. The van der Waals surface area contributed by atoms with Gasteiger partial charge in [0, 0.05) is 25.3 Å². The normalized spacial score (nSPS) is 10.4. The van der Waals surface area contributed by atoms with Crippen molar-refractivity contribution in [2.24, 2.45) is 0 Å². The van der Waals surface area contributed by atoms with Gasteiger partial charge >= 0.3 is 0 Å². The van der Waals surface area contributed by atoms with Gasteiger partial charge in [-0.15, -0.1) is 0 Å². The van der Waals surface area contributed by atoms with Gasteiger partial charge in [-0.3, -0.25) is 0 Å². The van der Waals surface area contributed by atoms with E-state index >= 15 is 0 Å². The summed E-state index contributed by atoms with van der Waals surface area (Å²) in [6, 6.07) is 10.3. The summed E-state index contributed by atoms with van der Waals surface area (Å²) in [5, 5.41) is 3.80. The molecule has 18 heavy (non-hydrogen) atoms. The smallest absolute Gasteiger partial charge is 0.123 e. The second-order valence-corrected chi connectivity index (χ2v) is 6.22. The molecule has 0 heterocycles. The Hall–Kier alpha value is -0.330. The Morgan fingerprint density at radius 1 is 1.22 bits per heavy atom. The zero-order valence-electron chi connectivity index (χ0n) is 9.18. The fraction of sp³-hybridized carbons (Fsp3) is 0.0769. The maximum absolute atomic E-state index is 13.1. The first-order valence-corrected chi connectivity index (χ1v) is 7.44. The Morgan fingerprint density at radius 3 is 2.78 bits per heavy atom. The van der Waals surface area contributed by atoms with E-state index < -0.39 is 0 Å². The summed E-state index contributed by atoms with van der Waals surface area (Å²) >= 11 is 11.7. The Balaban J connectivity index is 2.16. The fourth-order valence-corrected chi connectivity index (χ4v) is 2.56. The number of hydrogen-bond donors (Lipinski definition) is 1. The topological polar surface area (TPSA) is 12.0 Å². The zero-order valence-corrected chi connectivity index (χ0v) is 13.7. The standard InChI is InChI=1S/C13H9BrClFIN/c14-11-3-2-10(17)6-13(11)18-7-8-5-9(16)1-4-12(8)15/h1-6,18H,7H2. The van der Waals surface area contributed by atoms with Crippen molar-refractivity contribution in [1.82, 2.24) is 0 Å². The average molecular weight is 440 g/mol. The molecule has 0 radical (unpaired) electrons. The molecule has 1 N–H and O–H groups in total. The van der Waals surface area contributed by atoms with Gasteiger partial charge in [0.2, 0.25) is 0 Å². The molecule has 0 saturated heterocycles. The molecule has 2 aromatic carbocycles. The Kier molecular flexibility index (Phi) is 4.86. The van der Waals surface area contributed by atoms with Gasteiger partial charge in [-0.2, -0.15) is 0 Å². The molecule has 2 rings (SSSR count). The molecule has 0 amide bonds. The first-order chi connectivity index (χ1) is 8.56. The van der Waals surface area contributed by atoms with Gasteiger partial charge in [0.15, 0.2) is 0 Å². The van der Waals surface area contributed by atoms with Gasteiger partial charge in [-0.05, 0) is 80.5 Å². The number of nitrogens with one attached hydrogen (secondary N) is 1. The maximum atomic E-state index is 13.1. The molecule has 0 aliphatic rings. The summed E-state index contributed by atoms with van der Waals surface area (Å²) in [4.78, 5) is 0. The number of anilines is 1. The molecule has 0 atom stereocenters. The number of rotatable bonds is 3. The summed E-state index contributed by atoms with van der Waals surface area (Å²) in [7, 11) is 0. The largest absolute Gasteiger partial charge is 0.380 e. The summed E-state index contributed by atoms with van der Waals surface area (Å²) in [5.41, 5.74) is 1.70. The van der Waals surface area contributed by atoms with Crippen molar-refractivity contribution in [1.29, 1.82) is 0 Å². The highest BCUT2D eigenvalue weighted by molar-refractivity contribution is 14.1. The second-order valence-electron chi connectivity index (χ2n) is 3.71. The summed E-state index contributed by atoms with van der Waals surface area (Å²) in [6.45, 7) is 0.481. The Bertz CT molecular complexity index is 525. The highest BCUT2D eigenvalue weighted by Crippen LogP contribution is 2.26. The molecule has 1 nitrogen and oxygen atoms in total. The SMILES string of the molecule is Fc1ccc(Cl)c(CNc2cc(I)ccc2Br)c1. The Labute approximate surface area is 132 Å². The highest BCUT2D eigenvalue weighted by atomic mass is 127. The quantitative estimate of drug-likeness (QED) is 0.625. The summed E-state index contributed by atoms with van der Waals surface area (Å²) in [6.07, 6.45) is 0. The highest BCUT2D eigenvalue weighted by Gasteiger charge is 2.04. The molecule has 0 fully saturated rings. The van der Waals surface area contributed by atoms with Crippen molar-refractivity contribution >= 4 is 55.8 Å². The van der Waals surface area contributed by atoms with Crippen molar-refractivity contribution in [3.63, 3.8) is 0 Å². The van der Waals surface area contributed by atoms with E-state index in [1.807, 2.05) is 18.2 Å². The van der Waals surface area contributed by atoms with Gasteiger partial charge < -0.3 is 5.32 Å². The van der Waals surface area contributed by atoms with Gasteiger partial charge in [0.1, 0.15) is 5.82 Å². The average Bonchev–Trinajstić information content (AvgIpc) is 2.34. The van der Waals surface area contributed by atoms with Crippen LogP contribution in [0, 0.1) is 9.39 Å². The third kappa shape index (κ3) is 3.59. The monoisotopic (exact) mass is 439 g/mol. The first kappa shape index (κ1) is 14.1. The Morgan fingerprint density at radius 2 is 2.00 bits per heavy atom. The predicted molar refractivity (Wildman–Crippen MR) is 85.6 cm³/mol. The third-order valence-corrected chi connectivity index (χ3v) is 4.14. The molecule has 0 aliphatic carbocycles. The minimum Gasteiger partial charge on any atom is -0.380 e. The van der Waals surface area contributed by atoms with Gasteiger partial charge in [-0.1, -0.05) is 11.6 Å². The van der Waals surface area contributed by atoms with Crippen molar-refractivity contribution in [3.8, 4) is 0 Å². The molecule has 0 saturated carbocycles. The van der Waals surface area contributed by atoms with E-state index in [1.165, 1.54) is 12.1 Å². The van der Waals surface area contributed by atoms with Crippen LogP contribution >= 0.6 is 50.1 Å². The van der Waals surface area contributed by atoms with Crippen LogP contribution in [0.15, 0.2) is 40.9 Å². The van der Waals surface area contributed by atoms with E-state index in [-0.39, 0.29) is 5.82 Å². The lowest BCUT2D eigenvalue weighted by atomic mass is 10.2. The molecular formula is C13H9BrClFIN. The predicted octanol–water partition coefficient (Wildman–Crippen LogP) is 5.46. The number of benzene rings is 2. The molecular weight excluding hydrogens is 431 g/mol. The zero-order chi connectivity index (χ0) is 13.1. The molecule has 0 bridgehead atoms. The molecule has 0 spiro atoms. The molecule has 94 valence electrons. The lowest BCUT2D eigenvalue weighted by Crippen LogP contribution is -2.01. The minimum atomic E-state index is -0.280. The van der Waals surface area contributed by atoms with Gasteiger partial charge in [0.05, 0.1) is 0 Å². The molecule has 0 unspecified atom stereocenters. The van der Waals surface area contributed by atoms with Crippen LogP contribution < -0.4 is 5.32 Å². The number of hydrogen-bond acceptors (Lipinski definition) is 1. The van der Waals surface area contributed by atoms with E-state index in [9.17, 15) is 4.39 Å². The lowest BCUT2D eigenvalue weighted by molar-refractivity contribution is 0.626. The van der Waals surface area contributed by atoms with Crippen LogP contribution in [0.3, 0.4) is 0 Å². The van der Waals surface area contributed by atoms with E-state index in [0.717, 1.165) is 19.3 Å². The molecule has 2 aromatic rings. The first-order valence-electron chi connectivity index (χ1n) is 5.19. The van der Waals surface area contributed by atoms with Crippen LogP contribution in [0.1, 0.15) is 5.56 Å². The molecule has 0 aliphatic heterocycles. The van der Waals surface area contributed by atoms with Crippen molar-refractivity contribution in [3.05, 3.63) is 60.8 Å². The van der Waals surface area contributed by atoms with Crippen LogP contribution in [-0.4, -0.2) is 0 Å². The van der Waals surface area contributed by atoms with Crippen LogP contribution in [-0.2, 0) is 6.54 Å². The second kappa shape index (κ2) is 6.21. The summed E-state index contributed by atoms with van der Waals surface area (Å²) < 4.78 is 15.2. The van der Waals surface area contributed by atoms with Crippen LogP contribution in [0.2, 0.25) is 5.02 Å². The fourth-order valence-electron chi connectivity index (χ4n) is 1.50. The van der Waals surface area contributed by atoms with E-state index in [1.54, 1.807) is 6.07 Å². The minimum absolute atomic E-state index is 0.280. The maximum Gasteiger partial charge on any atom is 0.123 e. The van der Waals surface area contributed by atoms with Crippen LogP contribution in [0.4, 0.5) is 10.1 Å². The third-order valence-electron chi connectivity index (χ3n) is 2.41. The lowest BCUT2D eigenvalue weighted by Gasteiger charge is -2.10.